The Labute approximate surface area is 79.7 Å². The van der Waals surface area contributed by atoms with E-state index in [2.05, 4.69) is 0 Å². The minimum atomic E-state index is -1.69. The molecule has 2 unspecified atom stereocenters. The van der Waals surface area contributed by atoms with Crippen LogP contribution in [0.3, 0.4) is 0 Å². The Morgan fingerprint density at radius 1 is 1.85 bits per heavy atom. The molecule has 0 aromatic heterocycles. The van der Waals surface area contributed by atoms with E-state index in [9.17, 15) is 9.59 Å². The van der Waals surface area contributed by atoms with Crippen molar-refractivity contribution in [1.29, 1.82) is 0 Å². The Bertz CT molecular complexity index is 233. The molecule has 1 aliphatic heterocycles. The van der Waals surface area contributed by atoms with Crippen molar-refractivity contribution in [1.82, 2.24) is 4.90 Å². The highest BCUT2D eigenvalue weighted by atomic mass is 32.2. The minimum Gasteiger partial charge on any atom is -0.478 e. The van der Waals surface area contributed by atoms with Crippen molar-refractivity contribution in [2.75, 3.05) is 5.75 Å². The summed E-state index contributed by atoms with van der Waals surface area (Å²) in [4.78, 5) is 22.3. The first kappa shape index (κ1) is 10.3. The molecule has 2 atom stereocenters. The highest BCUT2D eigenvalue weighted by Gasteiger charge is 2.42. The first-order valence-corrected chi connectivity index (χ1v) is 4.96. The van der Waals surface area contributed by atoms with Crippen molar-refractivity contribution in [2.24, 2.45) is 0 Å². The van der Waals surface area contributed by atoms with Gasteiger partial charge in [-0.05, 0) is 5.75 Å². The number of hydrogen-bond acceptors (Lipinski definition) is 4. The molecule has 0 saturated carbocycles. The number of aliphatic carboxylic acids is 1. The number of likely N-dealkylation sites (tertiary alicyclic amines) is 1. The number of nitrogens with zero attached hydrogens (tertiary/aromatic N) is 1. The summed E-state index contributed by atoms with van der Waals surface area (Å²) in [6, 6.07) is 0. The molecule has 5 nitrogen and oxygen atoms in total. The standard InChI is InChI=1S/C7H11NO4S/c1-2-13-5-3-4(9)8(5)6(10)7(11)12/h5-6,10H,2-3H2,1H3,(H,11,12). The van der Waals surface area contributed by atoms with Gasteiger partial charge in [-0.15, -0.1) is 11.8 Å². The van der Waals surface area contributed by atoms with Crippen LogP contribution in [0.5, 0.6) is 0 Å². The molecular weight excluding hydrogens is 194 g/mol. The molecule has 1 aliphatic rings. The van der Waals surface area contributed by atoms with Crippen molar-refractivity contribution in [3.05, 3.63) is 0 Å². The number of thioether (sulfide) groups is 1. The Balaban J connectivity index is 2.56. The van der Waals surface area contributed by atoms with Crippen LogP contribution in [0, 0.1) is 0 Å². The molecular formula is C7H11NO4S. The first-order chi connectivity index (χ1) is 6.07. The Morgan fingerprint density at radius 3 is 2.85 bits per heavy atom. The SMILES string of the molecule is CCSC1CC(=O)N1C(O)C(=O)O. The average molecular weight is 205 g/mol. The maximum Gasteiger partial charge on any atom is 0.354 e. The zero-order valence-electron chi connectivity index (χ0n) is 7.14. The smallest absolute Gasteiger partial charge is 0.354 e. The van der Waals surface area contributed by atoms with E-state index in [0.717, 1.165) is 10.7 Å². The van der Waals surface area contributed by atoms with Crippen molar-refractivity contribution in [2.45, 2.75) is 24.9 Å². The number of carbonyl (C=O) groups excluding carboxylic acids is 1. The van der Waals surface area contributed by atoms with Gasteiger partial charge in [0.2, 0.25) is 12.1 Å². The van der Waals surface area contributed by atoms with E-state index in [1.54, 1.807) is 0 Å². The van der Waals surface area contributed by atoms with E-state index < -0.39 is 12.2 Å². The number of carboxylic acid groups (broad SMARTS) is 1. The van der Waals surface area contributed by atoms with Crippen molar-refractivity contribution < 1.29 is 19.8 Å². The number of hydrogen-bond donors (Lipinski definition) is 2. The third kappa shape index (κ3) is 1.94. The fourth-order valence-electron chi connectivity index (χ4n) is 1.15. The summed E-state index contributed by atoms with van der Waals surface area (Å²) in [5.74, 6) is -0.892. The van der Waals surface area contributed by atoms with Crippen LogP contribution >= 0.6 is 11.8 Å². The van der Waals surface area contributed by atoms with Gasteiger partial charge in [-0.1, -0.05) is 6.92 Å². The molecule has 0 aromatic carbocycles. The molecule has 13 heavy (non-hydrogen) atoms. The van der Waals surface area contributed by atoms with E-state index in [4.69, 9.17) is 10.2 Å². The lowest BCUT2D eigenvalue weighted by molar-refractivity contribution is -0.174. The van der Waals surface area contributed by atoms with Crippen LogP contribution in [0.2, 0.25) is 0 Å². The number of amides is 1. The van der Waals surface area contributed by atoms with E-state index in [1.807, 2.05) is 6.92 Å². The zero-order valence-corrected chi connectivity index (χ0v) is 7.95. The molecule has 74 valence electrons. The second-order valence-electron chi connectivity index (χ2n) is 2.63. The number of carboxylic acids is 1. The quantitative estimate of drug-likeness (QED) is 0.616. The van der Waals surface area contributed by atoms with Crippen LogP contribution in [-0.2, 0) is 9.59 Å². The molecule has 6 heteroatoms. The monoisotopic (exact) mass is 205 g/mol. The van der Waals surface area contributed by atoms with Crippen LogP contribution in [0.25, 0.3) is 0 Å². The lowest BCUT2D eigenvalue weighted by atomic mass is 10.2. The number of β-lactam (4-membered cyclic amide) rings is 1. The Morgan fingerprint density at radius 2 is 2.46 bits per heavy atom. The summed E-state index contributed by atoms with van der Waals surface area (Å²) in [7, 11) is 0. The van der Waals surface area contributed by atoms with Crippen molar-refractivity contribution >= 4 is 23.6 Å². The summed E-state index contributed by atoms with van der Waals surface area (Å²) in [6.07, 6.45) is -1.37. The lowest BCUT2D eigenvalue weighted by Gasteiger charge is -2.41. The van der Waals surface area contributed by atoms with Gasteiger partial charge in [0, 0.05) is 0 Å². The molecule has 1 heterocycles. The molecule has 0 spiro atoms. The maximum atomic E-state index is 11.0. The summed E-state index contributed by atoms with van der Waals surface area (Å²) in [5.41, 5.74) is 0. The summed E-state index contributed by atoms with van der Waals surface area (Å²) in [6.45, 7) is 1.92. The second-order valence-corrected chi connectivity index (χ2v) is 4.08. The van der Waals surface area contributed by atoms with E-state index in [-0.39, 0.29) is 11.3 Å². The van der Waals surface area contributed by atoms with Gasteiger partial charge in [0.25, 0.3) is 0 Å². The third-order valence-electron chi connectivity index (χ3n) is 1.79. The predicted molar refractivity (Wildman–Crippen MR) is 47.0 cm³/mol. The van der Waals surface area contributed by atoms with E-state index in [1.165, 1.54) is 11.8 Å². The van der Waals surface area contributed by atoms with Crippen molar-refractivity contribution in [3.63, 3.8) is 0 Å². The average Bonchev–Trinajstić information content (AvgIpc) is 2.03. The molecule has 1 rings (SSSR count). The minimum absolute atomic E-state index is 0.177. The highest BCUT2D eigenvalue weighted by molar-refractivity contribution is 7.99. The van der Waals surface area contributed by atoms with Crippen molar-refractivity contribution in [3.8, 4) is 0 Å². The molecule has 0 aliphatic carbocycles. The second kappa shape index (κ2) is 3.97. The van der Waals surface area contributed by atoms with Crippen LogP contribution in [0.15, 0.2) is 0 Å². The van der Waals surface area contributed by atoms with Gasteiger partial charge in [-0.2, -0.15) is 0 Å². The third-order valence-corrected chi connectivity index (χ3v) is 2.90. The van der Waals surface area contributed by atoms with Crippen LogP contribution < -0.4 is 0 Å². The van der Waals surface area contributed by atoms with Gasteiger partial charge < -0.3 is 10.2 Å². The van der Waals surface area contributed by atoms with Crippen LogP contribution in [0.4, 0.5) is 0 Å². The van der Waals surface area contributed by atoms with Gasteiger partial charge in [-0.25, -0.2) is 4.79 Å². The number of aliphatic hydroxyl groups excluding tert-OH is 1. The van der Waals surface area contributed by atoms with Gasteiger partial charge in [0.1, 0.15) is 0 Å². The Kier molecular flexibility index (Phi) is 3.16. The molecule has 0 bridgehead atoms. The van der Waals surface area contributed by atoms with Gasteiger partial charge >= 0.3 is 5.97 Å². The van der Waals surface area contributed by atoms with Gasteiger partial charge in [0.15, 0.2) is 0 Å². The highest BCUT2D eigenvalue weighted by Crippen LogP contribution is 2.30. The topological polar surface area (TPSA) is 77.8 Å². The lowest BCUT2D eigenvalue weighted by Crippen LogP contribution is -2.58. The summed E-state index contributed by atoms with van der Waals surface area (Å²) in [5, 5.41) is 17.4. The molecule has 2 N–H and O–H groups in total. The number of aliphatic hydroxyl groups is 1. The fraction of sp³-hybridized carbons (Fsp3) is 0.714. The molecule has 0 aromatic rings. The largest absolute Gasteiger partial charge is 0.478 e. The Hall–Kier alpha value is -0.750. The molecule has 1 amide bonds. The molecule has 1 saturated heterocycles. The van der Waals surface area contributed by atoms with E-state index >= 15 is 0 Å². The first-order valence-electron chi connectivity index (χ1n) is 3.91. The van der Waals surface area contributed by atoms with E-state index in [0.29, 0.717) is 6.42 Å². The number of rotatable bonds is 4. The van der Waals surface area contributed by atoms with Gasteiger partial charge in [0.05, 0.1) is 11.8 Å². The predicted octanol–water partition coefficient (Wildman–Crippen LogP) is -0.299. The van der Waals surface area contributed by atoms with Gasteiger partial charge in [-0.3, -0.25) is 9.69 Å². The molecule has 1 fully saturated rings. The zero-order chi connectivity index (χ0) is 10.0. The normalized spacial score (nSPS) is 24.0. The van der Waals surface area contributed by atoms with Crippen LogP contribution in [-0.4, -0.2) is 44.3 Å². The fourth-order valence-corrected chi connectivity index (χ4v) is 2.18. The summed E-state index contributed by atoms with van der Waals surface area (Å²) < 4.78 is 0. The molecule has 0 radical (unpaired) electrons. The maximum absolute atomic E-state index is 11.0. The number of carbonyl (C=O) groups is 2. The summed E-state index contributed by atoms with van der Waals surface area (Å²) >= 11 is 1.46. The van der Waals surface area contributed by atoms with Crippen LogP contribution in [0.1, 0.15) is 13.3 Å².